The van der Waals surface area contributed by atoms with E-state index in [9.17, 15) is 0 Å². The third kappa shape index (κ3) is 5.07. The third-order valence-corrected chi connectivity index (χ3v) is 5.93. The Morgan fingerprint density at radius 3 is 2.54 bits per heavy atom. The summed E-state index contributed by atoms with van der Waals surface area (Å²) in [4.78, 5) is 7.42. The average molecular weight is 493 g/mol. The molecule has 1 saturated carbocycles. The Hall–Kier alpha value is -1.57. The van der Waals surface area contributed by atoms with Gasteiger partial charge in [-0.05, 0) is 55.7 Å². The molecular weight excluding hydrogens is 461 g/mol. The summed E-state index contributed by atoms with van der Waals surface area (Å²) in [5.74, 6) is 2.86. The van der Waals surface area contributed by atoms with E-state index in [1.54, 1.807) is 0 Å². The van der Waals surface area contributed by atoms with Gasteiger partial charge in [0.15, 0.2) is 5.96 Å². The summed E-state index contributed by atoms with van der Waals surface area (Å²) in [5.41, 5.74) is 2.33. The largest absolute Gasteiger partial charge is 0.357 e. The van der Waals surface area contributed by atoms with Crippen LogP contribution in [-0.4, -0.2) is 46.8 Å². The van der Waals surface area contributed by atoms with Crippen LogP contribution in [0.25, 0.3) is 5.69 Å². The second-order valence-electron chi connectivity index (χ2n) is 7.82. The molecule has 28 heavy (non-hydrogen) atoms. The second kappa shape index (κ2) is 10.3. The van der Waals surface area contributed by atoms with E-state index in [0.717, 1.165) is 43.0 Å². The monoisotopic (exact) mass is 493 g/mol. The van der Waals surface area contributed by atoms with E-state index in [0.29, 0.717) is 0 Å². The van der Waals surface area contributed by atoms with E-state index < -0.39 is 0 Å². The molecule has 152 valence electrons. The Labute approximate surface area is 185 Å². The SMILES string of the molecule is CCNC(=NCCc1cnn(-c2ccccc2)c1)N1CC2CCCCC2C1.I. The third-order valence-electron chi connectivity index (χ3n) is 5.93. The molecule has 4 rings (SSSR count). The van der Waals surface area contributed by atoms with Crippen molar-refractivity contribution in [2.45, 2.75) is 39.0 Å². The van der Waals surface area contributed by atoms with Crippen molar-refractivity contribution in [1.29, 1.82) is 0 Å². The van der Waals surface area contributed by atoms with Gasteiger partial charge in [-0.3, -0.25) is 4.99 Å². The van der Waals surface area contributed by atoms with Crippen LogP contribution in [0.3, 0.4) is 0 Å². The van der Waals surface area contributed by atoms with Gasteiger partial charge in [0, 0.05) is 32.4 Å². The van der Waals surface area contributed by atoms with Gasteiger partial charge in [-0.1, -0.05) is 31.0 Å². The van der Waals surface area contributed by atoms with Crippen LogP contribution in [0.15, 0.2) is 47.7 Å². The van der Waals surface area contributed by atoms with Crippen molar-refractivity contribution in [3.8, 4) is 5.69 Å². The zero-order valence-corrected chi connectivity index (χ0v) is 19.1. The topological polar surface area (TPSA) is 45.5 Å². The maximum atomic E-state index is 4.93. The Morgan fingerprint density at radius 1 is 1.14 bits per heavy atom. The predicted octanol–water partition coefficient (Wildman–Crippen LogP) is 4.12. The molecule has 1 aromatic carbocycles. The Kier molecular flexibility index (Phi) is 7.76. The maximum absolute atomic E-state index is 4.93. The number of aromatic nitrogens is 2. The molecule has 0 amide bonds. The first-order valence-corrected chi connectivity index (χ1v) is 10.5. The molecule has 2 aromatic rings. The van der Waals surface area contributed by atoms with Gasteiger partial charge in [0.05, 0.1) is 11.9 Å². The number of para-hydroxylation sites is 1. The highest BCUT2D eigenvalue weighted by atomic mass is 127. The van der Waals surface area contributed by atoms with Gasteiger partial charge in [-0.2, -0.15) is 5.10 Å². The number of guanidine groups is 1. The fraction of sp³-hybridized carbons (Fsp3) is 0.545. The summed E-state index contributed by atoms with van der Waals surface area (Å²) in [5, 5.41) is 8.00. The van der Waals surface area contributed by atoms with Gasteiger partial charge < -0.3 is 10.2 Å². The first-order valence-electron chi connectivity index (χ1n) is 10.5. The second-order valence-corrected chi connectivity index (χ2v) is 7.82. The van der Waals surface area contributed by atoms with Gasteiger partial charge >= 0.3 is 0 Å². The number of halogens is 1. The molecule has 2 unspecified atom stereocenters. The molecule has 1 saturated heterocycles. The number of nitrogens with zero attached hydrogens (tertiary/aromatic N) is 4. The number of nitrogens with one attached hydrogen (secondary N) is 1. The Bertz CT molecular complexity index is 743. The molecule has 0 spiro atoms. The minimum absolute atomic E-state index is 0. The number of hydrogen-bond acceptors (Lipinski definition) is 2. The number of fused-ring (bicyclic) bond motifs is 1. The lowest BCUT2D eigenvalue weighted by Crippen LogP contribution is -2.40. The van der Waals surface area contributed by atoms with Crippen molar-refractivity contribution >= 4 is 29.9 Å². The van der Waals surface area contributed by atoms with Crippen LogP contribution >= 0.6 is 24.0 Å². The number of likely N-dealkylation sites (tertiary alicyclic amines) is 1. The summed E-state index contributed by atoms with van der Waals surface area (Å²) in [7, 11) is 0. The molecule has 0 bridgehead atoms. The molecule has 2 atom stereocenters. The molecule has 1 aromatic heterocycles. The van der Waals surface area contributed by atoms with Gasteiger partial charge in [0.2, 0.25) is 0 Å². The van der Waals surface area contributed by atoms with Crippen molar-refractivity contribution < 1.29 is 0 Å². The van der Waals surface area contributed by atoms with Crippen molar-refractivity contribution in [3.05, 3.63) is 48.3 Å². The zero-order chi connectivity index (χ0) is 18.5. The number of benzene rings is 1. The van der Waals surface area contributed by atoms with Crippen molar-refractivity contribution in [2.24, 2.45) is 16.8 Å². The minimum atomic E-state index is 0. The Morgan fingerprint density at radius 2 is 1.86 bits per heavy atom. The first kappa shape index (κ1) is 21.1. The average Bonchev–Trinajstić information content (AvgIpc) is 3.35. The molecule has 5 nitrogen and oxygen atoms in total. The lowest BCUT2D eigenvalue weighted by atomic mass is 9.82. The highest BCUT2D eigenvalue weighted by Crippen LogP contribution is 2.35. The normalized spacial score (nSPS) is 21.9. The summed E-state index contributed by atoms with van der Waals surface area (Å²) >= 11 is 0. The van der Waals surface area contributed by atoms with Crippen LogP contribution in [0, 0.1) is 11.8 Å². The molecule has 1 N–H and O–H groups in total. The Balaban J connectivity index is 0.00000225. The standard InChI is InChI=1S/C22H31N5.HI/c1-2-23-22(26-16-19-8-6-7-9-20(19)17-26)24-13-12-18-14-25-27(15-18)21-10-4-3-5-11-21;/h3-5,10-11,14-15,19-20H,2,6-9,12-13,16-17H2,1H3,(H,23,24);1H. The molecule has 0 radical (unpaired) electrons. The predicted molar refractivity (Wildman–Crippen MR) is 126 cm³/mol. The van der Waals surface area contributed by atoms with Gasteiger partial charge in [0.25, 0.3) is 0 Å². The van der Waals surface area contributed by atoms with Crippen molar-refractivity contribution in [3.63, 3.8) is 0 Å². The van der Waals surface area contributed by atoms with Gasteiger partial charge in [-0.15, -0.1) is 24.0 Å². The molecule has 2 fully saturated rings. The first-order chi connectivity index (χ1) is 13.3. The highest BCUT2D eigenvalue weighted by molar-refractivity contribution is 14.0. The molecule has 1 aliphatic carbocycles. The van der Waals surface area contributed by atoms with E-state index in [2.05, 4.69) is 40.6 Å². The fourth-order valence-electron chi connectivity index (χ4n) is 4.51. The lowest BCUT2D eigenvalue weighted by molar-refractivity contribution is 0.299. The van der Waals surface area contributed by atoms with Crippen LogP contribution in [-0.2, 0) is 6.42 Å². The van der Waals surface area contributed by atoms with E-state index in [1.807, 2.05) is 29.1 Å². The van der Waals surface area contributed by atoms with E-state index in [1.165, 1.54) is 44.3 Å². The van der Waals surface area contributed by atoms with Crippen LogP contribution in [0.4, 0.5) is 0 Å². The highest BCUT2D eigenvalue weighted by Gasteiger charge is 2.35. The molecule has 2 heterocycles. The summed E-state index contributed by atoms with van der Waals surface area (Å²) < 4.78 is 1.94. The van der Waals surface area contributed by atoms with Crippen LogP contribution < -0.4 is 5.32 Å². The van der Waals surface area contributed by atoms with Crippen LogP contribution in [0.5, 0.6) is 0 Å². The van der Waals surface area contributed by atoms with E-state index in [4.69, 9.17) is 4.99 Å². The molecule has 6 heteroatoms. The number of rotatable bonds is 5. The van der Waals surface area contributed by atoms with E-state index in [-0.39, 0.29) is 24.0 Å². The number of hydrogen-bond donors (Lipinski definition) is 1. The smallest absolute Gasteiger partial charge is 0.193 e. The van der Waals surface area contributed by atoms with Crippen molar-refractivity contribution in [2.75, 3.05) is 26.2 Å². The van der Waals surface area contributed by atoms with Gasteiger partial charge in [-0.25, -0.2) is 4.68 Å². The minimum Gasteiger partial charge on any atom is -0.357 e. The molecular formula is C22H32IN5. The van der Waals surface area contributed by atoms with E-state index >= 15 is 0 Å². The fourth-order valence-corrected chi connectivity index (χ4v) is 4.51. The zero-order valence-electron chi connectivity index (χ0n) is 16.8. The van der Waals surface area contributed by atoms with Crippen LogP contribution in [0.1, 0.15) is 38.2 Å². The van der Waals surface area contributed by atoms with Crippen molar-refractivity contribution in [1.82, 2.24) is 20.0 Å². The molecule has 2 aliphatic rings. The van der Waals surface area contributed by atoms with Crippen LogP contribution in [0.2, 0.25) is 0 Å². The van der Waals surface area contributed by atoms with Gasteiger partial charge in [0.1, 0.15) is 0 Å². The lowest BCUT2D eigenvalue weighted by Gasteiger charge is -2.22. The summed E-state index contributed by atoms with van der Waals surface area (Å²) in [6, 6.07) is 10.3. The molecule has 1 aliphatic heterocycles. The summed E-state index contributed by atoms with van der Waals surface area (Å²) in [6.45, 7) is 6.25. The number of aliphatic imine (C=N–C) groups is 1. The maximum Gasteiger partial charge on any atom is 0.193 e. The quantitative estimate of drug-likeness (QED) is 0.387. The summed E-state index contributed by atoms with van der Waals surface area (Å²) in [6.07, 6.45) is 10.6.